The molecule has 0 bridgehead atoms. The lowest BCUT2D eigenvalue weighted by Crippen LogP contribution is -2.39. The van der Waals surface area contributed by atoms with Crippen LogP contribution in [0.2, 0.25) is 0 Å². The molecule has 1 aromatic rings. The minimum atomic E-state index is 0.297. The molecule has 0 atom stereocenters. The number of aryl methyl sites for hydroxylation is 1. The summed E-state index contributed by atoms with van der Waals surface area (Å²) in [7, 11) is 0. The summed E-state index contributed by atoms with van der Waals surface area (Å²) in [4.78, 5) is 16.9. The van der Waals surface area contributed by atoms with Gasteiger partial charge in [0.15, 0.2) is 5.78 Å². The summed E-state index contributed by atoms with van der Waals surface area (Å²) in [6.07, 6.45) is 5.18. The van der Waals surface area contributed by atoms with E-state index < -0.39 is 0 Å². The van der Waals surface area contributed by atoms with Crippen molar-refractivity contribution in [1.82, 2.24) is 4.90 Å². The van der Waals surface area contributed by atoms with Gasteiger partial charge >= 0.3 is 0 Å². The van der Waals surface area contributed by atoms with Crippen LogP contribution in [0.15, 0.2) is 12.1 Å². The van der Waals surface area contributed by atoms with Crippen LogP contribution in [-0.2, 0) is 0 Å². The Bertz CT molecular complexity index is 418. The van der Waals surface area contributed by atoms with Gasteiger partial charge in [-0.3, -0.25) is 9.69 Å². The quantitative estimate of drug-likeness (QED) is 0.729. The SMILES string of the molecule is Cc1ccc(C(=O)CN(CC(C)C)C2CCCC2)s1. The maximum Gasteiger partial charge on any atom is 0.186 e. The Morgan fingerprint density at radius 1 is 1.37 bits per heavy atom. The third-order valence-corrected chi connectivity index (χ3v) is 4.84. The Labute approximate surface area is 120 Å². The first kappa shape index (κ1) is 14.7. The minimum Gasteiger partial charge on any atom is -0.293 e. The van der Waals surface area contributed by atoms with Gasteiger partial charge in [0.2, 0.25) is 0 Å². The highest BCUT2D eigenvalue weighted by Gasteiger charge is 2.25. The molecule has 0 N–H and O–H groups in total. The van der Waals surface area contributed by atoms with Crippen LogP contribution in [0.3, 0.4) is 0 Å². The van der Waals surface area contributed by atoms with E-state index in [-0.39, 0.29) is 0 Å². The highest BCUT2D eigenvalue weighted by molar-refractivity contribution is 7.14. The highest BCUT2D eigenvalue weighted by Crippen LogP contribution is 2.25. The topological polar surface area (TPSA) is 20.3 Å². The summed E-state index contributed by atoms with van der Waals surface area (Å²) in [6.45, 7) is 8.18. The van der Waals surface area contributed by atoms with Crippen LogP contribution in [0.5, 0.6) is 0 Å². The molecule has 0 unspecified atom stereocenters. The molecule has 1 aliphatic rings. The second-order valence-corrected chi connectivity index (χ2v) is 7.38. The number of rotatable bonds is 6. The summed E-state index contributed by atoms with van der Waals surface area (Å²) < 4.78 is 0. The van der Waals surface area contributed by atoms with Crippen molar-refractivity contribution in [3.05, 3.63) is 21.9 Å². The first-order valence-electron chi connectivity index (χ1n) is 7.40. The van der Waals surface area contributed by atoms with Crippen LogP contribution in [0.1, 0.15) is 54.1 Å². The van der Waals surface area contributed by atoms with Crippen LogP contribution >= 0.6 is 11.3 Å². The van der Waals surface area contributed by atoms with E-state index in [1.165, 1.54) is 30.6 Å². The van der Waals surface area contributed by atoms with Crippen LogP contribution < -0.4 is 0 Å². The molecule has 0 aliphatic heterocycles. The van der Waals surface area contributed by atoms with E-state index in [2.05, 4.69) is 25.7 Å². The van der Waals surface area contributed by atoms with E-state index in [9.17, 15) is 4.79 Å². The van der Waals surface area contributed by atoms with Crippen molar-refractivity contribution in [3.8, 4) is 0 Å². The molecule has 2 nitrogen and oxygen atoms in total. The number of hydrogen-bond acceptors (Lipinski definition) is 3. The van der Waals surface area contributed by atoms with Crippen molar-refractivity contribution in [2.45, 2.75) is 52.5 Å². The summed E-state index contributed by atoms with van der Waals surface area (Å²) in [5.41, 5.74) is 0. The molecule has 0 aromatic carbocycles. The van der Waals surface area contributed by atoms with Crippen molar-refractivity contribution in [3.63, 3.8) is 0 Å². The molecular formula is C16H25NOS. The Morgan fingerprint density at radius 3 is 2.58 bits per heavy atom. The smallest absolute Gasteiger partial charge is 0.186 e. The van der Waals surface area contributed by atoms with Gasteiger partial charge in [0, 0.05) is 17.5 Å². The standard InChI is InChI=1S/C16H25NOS/c1-12(2)10-17(14-6-4-5-7-14)11-15(18)16-9-8-13(3)19-16/h8-9,12,14H,4-7,10-11H2,1-3H3. The van der Waals surface area contributed by atoms with Crippen molar-refractivity contribution in [2.24, 2.45) is 5.92 Å². The third kappa shape index (κ3) is 4.15. The number of Topliss-reactive ketones (excluding diaryl/α,β-unsaturated/α-hetero) is 1. The van der Waals surface area contributed by atoms with Gasteiger partial charge in [-0.2, -0.15) is 0 Å². The second-order valence-electron chi connectivity index (χ2n) is 6.10. The maximum absolute atomic E-state index is 12.4. The van der Waals surface area contributed by atoms with Crippen molar-refractivity contribution in [2.75, 3.05) is 13.1 Å². The molecule has 2 rings (SSSR count). The summed E-state index contributed by atoms with van der Waals surface area (Å²) >= 11 is 1.62. The summed E-state index contributed by atoms with van der Waals surface area (Å²) in [5.74, 6) is 0.920. The van der Waals surface area contributed by atoms with E-state index >= 15 is 0 Å². The lowest BCUT2D eigenvalue weighted by Gasteiger charge is -2.29. The van der Waals surface area contributed by atoms with Gasteiger partial charge in [0.05, 0.1) is 11.4 Å². The van der Waals surface area contributed by atoms with Crippen molar-refractivity contribution in [1.29, 1.82) is 0 Å². The summed E-state index contributed by atoms with van der Waals surface area (Å²) in [5, 5.41) is 0. The van der Waals surface area contributed by atoms with Crippen LogP contribution in [-0.4, -0.2) is 29.8 Å². The zero-order valence-electron chi connectivity index (χ0n) is 12.3. The first-order chi connectivity index (χ1) is 9.06. The van der Waals surface area contributed by atoms with E-state index in [1.54, 1.807) is 11.3 Å². The fourth-order valence-corrected chi connectivity index (χ4v) is 3.73. The van der Waals surface area contributed by atoms with Gasteiger partial charge < -0.3 is 0 Å². The Morgan fingerprint density at radius 2 is 2.05 bits per heavy atom. The summed E-state index contributed by atoms with van der Waals surface area (Å²) in [6, 6.07) is 4.65. The van der Waals surface area contributed by atoms with Gasteiger partial charge in [-0.25, -0.2) is 0 Å². The molecule has 0 spiro atoms. The molecule has 19 heavy (non-hydrogen) atoms. The van der Waals surface area contributed by atoms with Gasteiger partial charge in [-0.1, -0.05) is 26.7 Å². The van der Waals surface area contributed by atoms with Crippen LogP contribution in [0.4, 0.5) is 0 Å². The number of thiophene rings is 1. The third-order valence-electron chi connectivity index (χ3n) is 3.80. The predicted octanol–water partition coefficient (Wildman–Crippen LogP) is 4.14. The molecule has 0 amide bonds. The number of carbonyl (C=O) groups excluding carboxylic acids is 1. The molecule has 0 radical (unpaired) electrons. The van der Waals surface area contributed by atoms with Crippen LogP contribution in [0, 0.1) is 12.8 Å². The Balaban J connectivity index is 2.00. The predicted molar refractivity (Wildman–Crippen MR) is 82.1 cm³/mol. The van der Waals surface area contributed by atoms with Gasteiger partial charge in [0.25, 0.3) is 0 Å². The second kappa shape index (κ2) is 6.67. The fourth-order valence-electron chi connectivity index (χ4n) is 2.93. The monoisotopic (exact) mass is 279 g/mol. The number of ketones is 1. The Kier molecular flexibility index (Phi) is 5.17. The Hall–Kier alpha value is -0.670. The number of carbonyl (C=O) groups is 1. The lowest BCUT2D eigenvalue weighted by molar-refractivity contribution is 0.0880. The average molecular weight is 279 g/mol. The fraction of sp³-hybridized carbons (Fsp3) is 0.688. The first-order valence-corrected chi connectivity index (χ1v) is 8.21. The van der Waals surface area contributed by atoms with E-state index in [1.807, 2.05) is 12.1 Å². The number of hydrogen-bond donors (Lipinski definition) is 0. The largest absolute Gasteiger partial charge is 0.293 e. The van der Waals surface area contributed by atoms with E-state index in [4.69, 9.17) is 0 Å². The van der Waals surface area contributed by atoms with Crippen molar-refractivity contribution >= 4 is 17.1 Å². The molecule has 1 heterocycles. The van der Waals surface area contributed by atoms with Gasteiger partial charge in [-0.15, -0.1) is 11.3 Å². The van der Waals surface area contributed by atoms with Gasteiger partial charge in [-0.05, 0) is 37.8 Å². The number of nitrogens with zero attached hydrogens (tertiary/aromatic N) is 1. The van der Waals surface area contributed by atoms with E-state index in [0.29, 0.717) is 24.3 Å². The highest BCUT2D eigenvalue weighted by atomic mass is 32.1. The maximum atomic E-state index is 12.4. The lowest BCUT2D eigenvalue weighted by atomic mass is 10.1. The average Bonchev–Trinajstić information content (AvgIpc) is 2.97. The normalized spacial score (nSPS) is 16.7. The molecule has 106 valence electrons. The van der Waals surface area contributed by atoms with Crippen LogP contribution in [0.25, 0.3) is 0 Å². The molecule has 3 heteroatoms. The molecule has 1 aromatic heterocycles. The molecule has 0 saturated heterocycles. The minimum absolute atomic E-state index is 0.297. The zero-order chi connectivity index (χ0) is 13.8. The molecule has 1 fully saturated rings. The molecule has 1 aliphatic carbocycles. The zero-order valence-corrected chi connectivity index (χ0v) is 13.1. The molecule has 1 saturated carbocycles. The van der Waals surface area contributed by atoms with Crippen molar-refractivity contribution < 1.29 is 4.79 Å². The van der Waals surface area contributed by atoms with E-state index in [0.717, 1.165) is 11.4 Å². The van der Waals surface area contributed by atoms with Gasteiger partial charge in [0.1, 0.15) is 0 Å². The molecular weight excluding hydrogens is 254 g/mol.